The second-order valence-corrected chi connectivity index (χ2v) is 11.5. The third-order valence-electron chi connectivity index (χ3n) is 5.41. The predicted octanol–water partition coefficient (Wildman–Crippen LogP) is 6.54. The highest BCUT2D eigenvalue weighted by Crippen LogP contribution is 2.28. The number of carbonyl (C=O) groups is 2. The first kappa shape index (κ1) is 27.7. The Balaban J connectivity index is 1.70. The highest BCUT2D eigenvalue weighted by Gasteiger charge is 2.31. The quantitative estimate of drug-likeness (QED) is 0.389. The summed E-state index contributed by atoms with van der Waals surface area (Å²) in [6.45, 7) is 13.1. The van der Waals surface area contributed by atoms with Gasteiger partial charge in [0.25, 0.3) is 0 Å². The molecule has 1 amide bonds. The summed E-state index contributed by atoms with van der Waals surface area (Å²) >= 11 is 5.95. The molecule has 0 aromatic heterocycles. The Hall–Kier alpha value is -2.93. The highest BCUT2D eigenvalue weighted by atomic mass is 35.5. The predicted molar refractivity (Wildman–Crippen MR) is 142 cm³/mol. The van der Waals surface area contributed by atoms with Crippen molar-refractivity contribution in [1.29, 1.82) is 0 Å². The molecular weight excluding hydrogens is 480 g/mol. The molecule has 0 N–H and O–H groups in total. The van der Waals surface area contributed by atoms with Crippen molar-refractivity contribution in [2.75, 3.05) is 31.1 Å². The van der Waals surface area contributed by atoms with Gasteiger partial charge in [-0.15, -0.1) is 0 Å². The molecule has 8 heteroatoms. The molecule has 1 saturated heterocycles. The number of anilines is 1. The van der Waals surface area contributed by atoms with Crippen LogP contribution in [-0.2, 0) is 14.3 Å². The van der Waals surface area contributed by atoms with E-state index in [1.54, 1.807) is 17.0 Å². The second kappa shape index (κ2) is 11.4. The summed E-state index contributed by atoms with van der Waals surface area (Å²) in [4.78, 5) is 28.9. The van der Waals surface area contributed by atoms with E-state index in [9.17, 15) is 9.59 Å². The molecule has 0 bridgehead atoms. The van der Waals surface area contributed by atoms with E-state index in [0.717, 1.165) is 12.1 Å². The highest BCUT2D eigenvalue weighted by molar-refractivity contribution is 6.30. The lowest BCUT2D eigenvalue weighted by Gasteiger charge is -2.29. The number of esters is 1. The van der Waals surface area contributed by atoms with Gasteiger partial charge in [0, 0.05) is 30.3 Å². The number of carbonyl (C=O) groups excluding carboxylic acids is 2. The van der Waals surface area contributed by atoms with Gasteiger partial charge < -0.3 is 24.0 Å². The van der Waals surface area contributed by atoms with Crippen molar-refractivity contribution in [3.63, 3.8) is 0 Å². The largest absolute Gasteiger partial charge is 0.459 e. The number of hydrogen-bond acceptors (Lipinski definition) is 6. The standard InChI is InChI=1S/C28H37ClN2O5/c1-27(2,3)35-25(32)19-31(18-20-15-16-30(17-20)26(33)36-28(4,5)6)22-9-13-24(14-10-22)34-23-11-7-21(29)8-12-23/h7-14,20H,15-19H2,1-6H3. The van der Waals surface area contributed by atoms with E-state index in [1.165, 1.54) is 0 Å². The molecule has 1 fully saturated rings. The summed E-state index contributed by atoms with van der Waals surface area (Å²) in [5.74, 6) is 1.26. The van der Waals surface area contributed by atoms with Crippen LogP contribution in [0, 0.1) is 5.92 Å². The number of likely N-dealkylation sites (tertiary alicyclic amines) is 1. The Bertz CT molecular complexity index is 1030. The van der Waals surface area contributed by atoms with E-state index in [1.807, 2.05) is 82.8 Å². The van der Waals surface area contributed by atoms with Gasteiger partial charge in [-0.1, -0.05) is 11.6 Å². The van der Waals surface area contributed by atoms with Crippen LogP contribution in [0.1, 0.15) is 48.0 Å². The summed E-state index contributed by atoms with van der Waals surface area (Å²) in [6.07, 6.45) is 0.536. The minimum atomic E-state index is -0.570. The first-order valence-corrected chi connectivity index (χ1v) is 12.6. The average molecular weight is 517 g/mol. The topological polar surface area (TPSA) is 68.3 Å². The van der Waals surface area contributed by atoms with Gasteiger partial charge in [-0.2, -0.15) is 0 Å². The van der Waals surface area contributed by atoms with E-state index in [0.29, 0.717) is 36.2 Å². The fourth-order valence-electron chi connectivity index (χ4n) is 3.94. The van der Waals surface area contributed by atoms with Gasteiger partial charge in [0.05, 0.1) is 0 Å². The normalized spacial score (nSPS) is 16.0. The molecule has 0 radical (unpaired) electrons. The van der Waals surface area contributed by atoms with E-state index >= 15 is 0 Å². The van der Waals surface area contributed by atoms with Crippen LogP contribution in [0.4, 0.5) is 10.5 Å². The second-order valence-electron chi connectivity index (χ2n) is 11.1. The van der Waals surface area contributed by atoms with Gasteiger partial charge in [0.2, 0.25) is 0 Å². The molecule has 1 aliphatic heterocycles. The maximum absolute atomic E-state index is 12.7. The van der Waals surface area contributed by atoms with Crippen LogP contribution < -0.4 is 9.64 Å². The van der Waals surface area contributed by atoms with Crippen molar-refractivity contribution in [3.8, 4) is 11.5 Å². The zero-order valence-electron chi connectivity index (χ0n) is 22.0. The van der Waals surface area contributed by atoms with E-state index in [-0.39, 0.29) is 24.5 Å². The zero-order valence-corrected chi connectivity index (χ0v) is 22.8. The minimum Gasteiger partial charge on any atom is -0.459 e. The Morgan fingerprint density at radius 2 is 1.47 bits per heavy atom. The van der Waals surface area contributed by atoms with Crippen molar-refractivity contribution in [2.24, 2.45) is 5.92 Å². The molecule has 0 spiro atoms. The first-order valence-electron chi connectivity index (χ1n) is 12.3. The molecule has 2 aromatic carbocycles. The number of ether oxygens (including phenoxy) is 3. The summed E-state index contributed by atoms with van der Waals surface area (Å²) in [6, 6.07) is 14.8. The Morgan fingerprint density at radius 1 is 0.917 bits per heavy atom. The fraction of sp³-hybridized carbons (Fsp3) is 0.500. The Labute approximate surface area is 219 Å². The molecule has 0 saturated carbocycles. The average Bonchev–Trinajstić information content (AvgIpc) is 3.22. The van der Waals surface area contributed by atoms with Gasteiger partial charge in [0.1, 0.15) is 29.2 Å². The molecule has 7 nitrogen and oxygen atoms in total. The van der Waals surface area contributed by atoms with Gasteiger partial charge in [-0.3, -0.25) is 4.79 Å². The maximum atomic E-state index is 12.7. The zero-order chi connectivity index (χ0) is 26.5. The monoisotopic (exact) mass is 516 g/mol. The minimum absolute atomic E-state index is 0.109. The third kappa shape index (κ3) is 8.94. The van der Waals surface area contributed by atoms with Crippen LogP contribution in [0.2, 0.25) is 5.02 Å². The van der Waals surface area contributed by atoms with Crippen molar-refractivity contribution >= 4 is 29.4 Å². The number of amides is 1. The van der Waals surface area contributed by atoms with Crippen molar-refractivity contribution in [1.82, 2.24) is 4.90 Å². The van der Waals surface area contributed by atoms with Crippen LogP contribution in [0.25, 0.3) is 0 Å². The van der Waals surface area contributed by atoms with E-state index < -0.39 is 11.2 Å². The number of rotatable bonds is 7. The van der Waals surface area contributed by atoms with E-state index in [2.05, 4.69) is 0 Å². The molecule has 36 heavy (non-hydrogen) atoms. The van der Waals surface area contributed by atoms with Crippen molar-refractivity contribution < 1.29 is 23.8 Å². The summed E-state index contributed by atoms with van der Waals surface area (Å²) in [5.41, 5.74) is -0.228. The van der Waals surface area contributed by atoms with Crippen LogP contribution in [-0.4, -0.2) is 54.3 Å². The molecular formula is C28H37ClN2O5. The van der Waals surface area contributed by atoms with Crippen LogP contribution in [0.3, 0.4) is 0 Å². The smallest absolute Gasteiger partial charge is 0.410 e. The lowest BCUT2D eigenvalue weighted by Crippen LogP contribution is -2.39. The lowest BCUT2D eigenvalue weighted by molar-refractivity contribution is -0.153. The van der Waals surface area contributed by atoms with Gasteiger partial charge in [-0.05, 0) is 102 Å². The van der Waals surface area contributed by atoms with Crippen LogP contribution in [0.5, 0.6) is 11.5 Å². The third-order valence-corrected chi connectivity index (χ3v) is 5.66. The number of benzene rings is 2. The summed E-state index contributed by atoms with van der Waals surface area (Å²) < 4.78 is 17.0. The van der Waals surface area contributed by atoms with Gasteiger partial charge in [0.15, 0.2) is 0 Å². The van der Waals surface area contributed by atoms with Crippen LogP contribution >= 0.6 is 11.6 Å². The van der Waals surface area contributed by atoms with Crippen molar-refractivity contribution in [2.45, 2.75) is 59.2 Å². The van der Waals surface area contributed by atoms with Gasteiger partial charge >= 0.3 is 12.1 Å². The molecule has 1 heterocycles. The number of hydrogen-bond donors (Lipinski definition) is 0. The number of nitrogens with zero attached hydrogens (tertiary/aromatic N) is 2. The van der Waals surface area contributed by atoms with E-state index in [4.69, 9.17) is 25.8 Å². The summed E-state index contributed by atoms with van der Waals surface area (Å²) in [5, 5.41) is 0.646. The van der Waals surface area contributed by atoms with Crippen molar-refractivity contribution in [3.05, 3.63) is 53.6 Å². The first-order chi connectivity index (χ1) is 16.8. The molecule has 1 atom stereocenters. The SMILES string of the molecule is CC(C)(C)OC(=O)CN(CC1CCN(C(=O)OC(C)(C)C)C1)c1ccc(Oc2ccc(Cl)cc2)cc1. The maximum Gasteiger partial charge on any atom is 0.410 e. The van der Waals surface area contributed by atoms with Gasteiger partial charge in [-0.25, -0.2) is 4.79 Å². The summed E-state index contributed by atoms with van der Waals surface area (Å²) in [7, 11) is 0. The molecule has 1 aliphatic rings. The molecule has 1 unspecified atom stereocenters. The molecule has 2 aromatic rings. The lowest BCUT2D eigenvalue weighted by atomic mass is 10.1. The molecule has 196 valence electrons. The molecule has 0 aliphatic carbocycles. The Kier molecular flexibility index (Phi) is 8.77. The molecule has 3 rings (SSSR count). The van der Waals surface area contributed by atoms with Crippen LogP contribution in [0.15, 0.2) is 48.5 Å². The number of halogens is 1. The Morgan fingerprint density at radius 3 is 2.03 bits per heavy atom. The fourth-order valence-corrected chi connectivity index (χ4v) is 4.07.